The average molecular weight is 486 g/mol. The summed E-state index contributed by atoms with van der Waals surface area (Å²) in [7, 11) is 0. The molecule has 160 valence electrons. The van der Waals surface area contributed by atoms with Crippen molar-refractivity contribution in [1.29, 1.82) is 0 Å². The molecule has 0 aromatic heterocycles. The Morgan fingerprint density at radius 3 is 2.50 bits per heavy atom. The van der Waals surface area contributed by atoms with E-state index in [1.165, 1.54) is 0 Å². The fourth-order valence-corrected chi connectivity index (χ4v) is 3.92. The fourth-order valence-electron chi connectivity index (χ4n) is 3.48. The Bertz CT molecular complexity index is 944. The Morgan fingerprint density at radius 1 is 1.20 bits per heavy atom. The summed E-state index contributed by atoms with van der Waals surface area (Å²) in [5, 5.41) is 14.2. The lowest BCUT2D eigenvalue weighted by Crippen LogP contribution is -2.40. The molecule has 1 fully saturated rings. The fraction of sp³-hybridized carbons (Fsp3) is 0.350. The number of alkyl halides is 3. The molecule has 0 radical (unpaired) electrons. The standard InChI is InChI=1S/C20H19BrF3N3O3/c21-16-3-1-2-13(10-16)12-25-19(28)14-6-8-26(9-7-14)17-5-4-15(20(22,23)24)11-18(17)27(29)30/h1-5,10-11,14H,6-9,12H2,(H,25,28). The van der Waals surface area contributed by atoms with Crippen LogP contribution in [0.25, 0.3) is 0 Å². The number of carbonyl (C=O) groups is 1. The van der Waals surface area contributed by atoms with Crippen LogP contribution in [0.5, 0.6) is 0 Å². The molecule has 0 spiro atoms. The van der Waals surface area contributed by atoms with Crippen molar-refractivity contribution < 1.29 is 22.9 Å². The van der Waals surface area contributed by atoms with Gasteiger partial charge in [-0.3, -0.25) is 14.9 Å². The van der Waals surface area contributed by atoms with Crippen molar-refractivity contribution in [2.24, 2.45) is 5.92 Å². The van der Waals surface area contributed by atoms with E-state index in [0.717, 1.165) is 22.2 Å². The van der Waals surface area contributed by atoms with Crippen LogP contribution in [-0.4, -0.2) is 23.9 Å². The van der Waals surface area contributed by atoms with Crippen molar-refractivity contribution in [3.8, 4) is 0 Å². The van der Waals surface area contributed by atoms with E-state index in [4.69, 9.17) is 0 Å². The Hall–Kier alpha value is -2.62. The van der Waals surface area contributed by atoms with Crippen molar-refractivity contribution >= 4 is 33.2 Å². The second-order valence-corrected chi connectivity index (χ2v) is 7.98. The van der Waals surface area contributed by atoms with Crippen molar-refractivity contribution in [2.75, 3.05) is 18.0 Å². The van der Waals surface area contributed by atoms with Gasteiger partial charge in [0.25, 0.3) is 5.69 Å². The minimum absolute atomic E-state index is 0.100. The highest BCUT2D eigenvalue weighted by molar-refractivity contribution is 9.10. The van der Waals surface area contributed by atoms with E-state index in [-0.39, 0.29) is 17.5 Å². The number of carbonyl (C=O) groups excluding carboxylic acids is 1. The molecule has 10 heteroatoms. The number of rotatable bonds is 5. The van der Waals surface area contributed by atoms with Gasteiger partial charge in [0.1, 0.15) is 5.69 Å². The third-order valence-electron chi connectivity index (χ3n) is 5.06. The zero-order valence-electron chi connectivity index (χ0n) is 15.8. The van der Waals surface area contributed by atoms with E-state index in [1.54, 1.807) is 4.90 Å². The molecule has 1 N–H and O–H groups in total. The number of nitro benzene ring substituents is 1. The number of halogens is 4. The van der Waals surface area contributed by atoms with Crippen LogP contribution >= 0.6 is 15.9 Å². The molecule has 1 aliphatic heterocycles. The topological polar surface area (TPSA) is 75.5 Å². The summed E-state index contributed by atoms with van der Waals surface area (Å²) in [4.78, 5) is 24.6. The maximum absolute atomic E-state index is 12.9. The highest BCUT2D eigenvalue weighted by Crippen LogP contribution is 2.37. The van der Waals surface area contributed by atoms with Crippen molar-refractivity contribution in [2.45, 2.75) is 25.6 Å². The lowest BCUT2D eigenvalue weighted by Gasteiger charge is -2.32. The minimum atomic E-state index is -4.65. The number of hydrogen-bond acceptors (Lipinski definition) is 4. The van der Waals surface area contributed by atoms with Crippen LogP contribution in [0.2, 0.25) is 0 Å². The summed E-state index contributed by atoms with van der Waals surface area (Å²) in [5.41, 5.74) is -0.543. The molecule has 0 saturated carbocycles. The van der Waals surface area contributed by atoms with Crippen LogP contribution in [0.4, 0.5) is 24.5 Å². The quantitative estimate of drug-likeness (QED) is 0.482. The first-order valence-corrected chi connectivity index (χ1v) is 10.1. The van der Waals surface area contributed by atoms with Gasteiger partial charge in [-0.2, -0.15) is 13.2 Å². The van der Waals surface area contributed by atoms with E-state index >= 15 is 0 Å². The zero-order chi connectivity index (χ0) is 21.9. The number of piperidine rings is 1. The second-order valence-electron chi connectivity index (χ2n) is 7.07. The Labute approximate surface area is 179 Å². The van der Waals surface area contributed by atoms with Gasteiger partial charge in [-0.1, -0.05) is 28.1 Å². The van der Waals surface area contributed by atoms with Gasteiger partial charge in [0.15, 0.2) is 0 Å². The van der Waals surface area contributed by atoms with Gasteiger partial charge in [0.05, 0.1) is 10.5 Å². The second kappa shape index (κ2) is 9.03. The van der Waals surface area contributed by atoms with E-state index in [9.17, 15) is 28.1 Å². The molecule has 1 amide bonds. The maximum atomic E-state index is 12.9. The molecule has 2 aromatic rings. The third kappa shape index (κ3) is 5.29. The molecule has 0 unspecified atom stereocenters. The first kappa shape index (κ1) is 22.1. The molecule has 2 aromatic carbocycles. The normalized spacial score (nSPS) is 15.1. The smallest absolute Gasteiger partial charge is 0.366 e. The Morgan fingerprint density at radius 2 is 1.90 bits per heavy atom. The minimum Gasteiger partial charge on any atom is -0.366 e. The summed E-state index contributed by atoms with van der Waals surface area (Å²) < 4.78 is 39.6. The van der Waals surface area contributed by atoms with Gasteiger partial charge in [0, 0.05) is 36.1 Å². The maximum Gasteiger partial charge on any atom is 0.416 e. The van der Waals surface area contributed by atoms with E-state index in [2.05, 4.69) is 21.2 Å². The summed E-state index contributed by atoms with van der Waals surface area (Å²) in [6.07, 6.45) is -3.73. The van der Waals surface area contributed by atoms with E-state index in [0.29, 0.717) is 38.5 Å². The molecular formula is C20H19BrF3N3O3. The van der Waals surface area contributed by atoms with Crippen molar-refractivity contribution in [3.63, 3.8) is 0 Å². The molecule has 1 heterocycles. The number of benzene rings is 2. The van der Waals surface area contributed by atoms with Crippen LogP contribution in [-0.2, 0) is 17.5 Å². The van der Waals surface area contributed by atoms with Gasteiger partial charge in [-0.15, -0.1) is 0 Å². The highest BCUT2D eigenvalue weighted by Gasteiger charge is 2.34. The molecule has 0 bridgehead atoms. The van der Waals surface area contributed by atoms with E-state index < -0.39 is 22.4 Å². The molecule has 30 heavy (non-hydrogen) atoms. The predicted molar refractivity (Wildman–Crippen MR) is 109 cm³/mol. The molecule has 1 saturated heterocycles. The van der Waals surface area contributed by atoms with Crippen molar-refractivity contribution in [1.82, 2.24) is 5.32 Å². The Balaban J connectivity index is 1.62. The molecular weight excluding hydrogens is 467 g/mol. The largest absolute Gasteiger partial charge is 0.416 e. The van der Waals surface area contributed by atoms with Crippen LogP contribution < -0.4 is 10.2 Å². The zero-order valence-corrected chi connectivity index (χ0v) is 17.4. The summed E-state index contributed by atoms with van der Waals surface area (Å²) in [6, 6.07) is 10.1. The van der Waals surface area contributed by atoms with Gasteiger partial charge in [0.2, 0.25) is 5.91 Å². The number of hydrogen-bond donors (Lipinski definition) is 1. The van der Waals surface area contributed by atoms with Gasteiger partial charge in [-0.05, 0) is 42.7 Å². The monoisotopic (exact) mass is 485 g/mol. The highest BCUT2D eigenvalue weighted by atomic mass is 79.9. The summed E-state index contributed by atoms with van der Waals surface area (Å²) in [6.45, 7) is 1.09. The molecule has 0 atom stereocenters. The van der Waals surface area contributed by atoms with Crippen LogP contribution in [0.15, 0.2) is 46.9 Å². The summed E-state index contributed by atoms with van der Waals surface area (Å²) in [5.74, 6) is -0.349. The molecule has 3 rings (SSSR count). The first-order chi connectivity index (χ1) is 14.1. The number of amides is 1. The van der Waals surface area contributed by atoms with Crippen LogP contribution in [0.3, 0.4) is 0 Å². The predicted octanol–water partition coefficient (Wildman–Crippen LogP) is 4.91. The number of anilines is 1. The van der Waals surface area contributed by atoms with Gasteiger partial charge < -0.3 is 10.2 Å². The molecule has 1 aliphatic rings. The average Bonchev–Trinajstić information content (AvgIpc) is 2.71. The lowest BCUT2D eigenvalue weighted by molar-refractivity contribution is -0.384. The number of nitro groups is 1. The molecule has 6 nitrogen and oxygen atoms in total. The van der Waals surface area contributed by atoms with Crippen LogP contribution in [0, 0.1) is 16.0 Å². The first-order valence-electron chi connectivity index (χ1n) is 9.28. The lowest BCUT2D eigenvalue weighted by atomic mass is 9.95. The van der Waals surface area contributed by atoms with Crippen molar-refractivity contribution in [3.05, 3.63) is 68.2 Å². The Kier molecular flexibility index (Phi) is 6.64. The third-order valence-corrected chi connectivity index (χ3v) is 5.55. The van der Waals surface area contributed by atoms with E-state index in [1.807, 2.05) is 24.3 Å². The van der Waals surface area contributed by atoms with Gasteiger partial charge >= 0.3 is 6.18 Å². The van der Waals surface area contributed by atoms with Gasteiger partial charge in [-0.25, -0.2) is 0 Å². The SMILES string of the molecule is O=C(NCc1cccc(Br)c1)C1CCN(c2ccc(C(F)(F)F)cc2[N+](=O)[O-])CC1. The van der Waals surface area contributed by atoms with Crippen LogP contribution in [0.1, 0.15) is 24.0 Å². The summed E-state index contributed by atoms with van der Waals surface area (Å²) >= 11 is 3.38. The molecule has 0 aliphatic carbocycles. The number of nitrogens with one attached hydrogen (secondary N) is 1. The number of nitrogens with zero attached hydrogens (tertiary/aromatic N) is 2.